The van der Waals surface area contributed by atoms with Crippen LogP contribution < -0.4 is 0 Å². The van der Waals surface area contributed by atoms with Crippen LogP contribution in [-0.4, -0.2) is 12.6 Å². The van der Waals surface area contributed by atoms with Gasteiger partial charge in [-0.25, -0.2) is 9.18 Å². The molecule has 1 aromatic carbocycles. The molecule has 0 saturated heterocycles. The molecule has 0 saturated carbocycles. The summed E-state index contributed by atoms with van der Waals surface area (Å²) in [6.07, 6.45) is 15.4. The molecule has 1 aromatic rings. The van der Waals surface area contributed by atoms with Crippen molar-refractivity contribution in [3.8, 4) is 0 Å². The summed E-state index contributed by atoms with van der Waals surface area (Å²) in [4.78, 5) is 11.7. The van der Waals surface area contributed by atoms with E-state index in [1.165, 1.54) is 82.4 Å². The van der Waals surface area contributed by atoms with Crippen molar-refractivity contribution in [1.29, 1.82) is 0 Å². The smallest absolute Gasteiger partial charge is 0.338 e. The van der Waals surface area contributed by atoms with Crippen molar-refractivity contribution >= 4 is 5.97 Å². The second kappa shape index (κ2) is 14.0. The zero-order valence-electron chi connectivity index (χ0n) is 15.2. The quantitative estimate of drug-likeness (QED) is 0.280. The molecule has 0 aliphatic heterocycles. The first-order chi connectivity index (χ1) is 11.7. The molecule has 0 heterocycles. The second-order valence-electron chi connectivity index (χ2n) is 6.54. The highest BCUT2D eigenvalue weighted by molar-refractivity contribution is 5.89. The average molecular weight is 336 g/mol. The molecule has 0 aliphatic carbocycles. The van der Waals surface area contributed by atoms with Gasteiger partial charge in [0.2, 0.25) is 0 Å². The van der Waals surface area contributed by atoms with Gasteiger partial charge in [-0.3, -0.25) is 0 Å². The monoisotopic (exact) mass is 336 g/mol. The van der Waals surface area contributed by atoms with E-state index < -0.39 is 11.8 Å². The van der Waals surface area contributed by atoms with Gasteiger partial charge in [0, 0.05) is 0 Å². The number of halogens is 1. The third-order valence-electron chi connectivity index (χ3n) is 4.29. The van der Waals surface area contributed by atoms with Gasteiger partial charge in [-0.2, -0.15) is 0 Å². The van der Waals surface area contributed by atoms with Crippen LogP contribution in [0.4, 0.5) is 4.39 Å². The molecule has 0 atom stereocenters. The lowest BCUT2D eigenvalue weighted by Gasteiger charge is -2.05. The minimum atomic E-state index is -0.433. The Labute approximate surface area is 146 Å². The summed E-state index contributed by atoms with van der Waals surface area (Å²) in [5.74, 6) is -0.840. The highest BCUT2D eigenvalue weighted by Crippen LogP contribution is 2.12. The Balaban J connectivity index is 1.88. The van der Waals surface area contributed by atoms with Gasteiger partial charge in [0.1, 0.15) is 5.82 Å². The lowest BCUT2D eigenvalue weighted by molar-refractivity contribution is 0.0497. The van der Waals surface area contributed by atoms with Gasteiger partial charge in [-0.15, -0.1) is 0 Å². The van der Waals surface area contributed by atoms with Crippen LogP contribution in [0.2, 0.25) is 0 Å². The van der Waals surface area contributed by atoms with Crippen LogP contribution in [0, 0.1) is 5.82 Å². The molecular weight excluding hydrogens is 303 g/mol. The number of carbonyl (C=O) groups excluding carboxylic acids is 1. The summed E-state index contributed by atoms with van der Waals surface area (Å²) in [5.41, 5.74) is 0.286. The summed E-state index contributed by atoms with van der Waals surface area (Å²) < 4.78 is 18.2. The van der Waals surface area contributed by atoms with Crippen molar-refractivity contribution in [3.05, 3.63) is 35.6 Å². The molecule has 2 nitrogen and oxygen atoms in total. The molecule has 0 N–H and O–H groups in total. The SMILES string of the molecule is CCCCCCCCCCCCCCOC(=O)c1cccc(F)c1. The van der Waals surface area contributed by atoms with Gasteiger partial charge in [0.15, 0.2) is 0 Å². The molecule has 0 aromatic heterocycles. The summed E-state index contributed by atoms with van der Waals surface area (Å²) in [6.45, 7) is 2.68. The van der Waals surface area contributed by atoms with Gasteiger partial charge in [-0.05, 0) is 24.6 Å². The maximum absolute atomic E-state index is 13.0. The molecule has 1 rings (SSSR count). The number of unbranched alkanes of at least 4 members (excludes halogenated alkanes) is 11. The Bertz CT molecular complexity index is 445. The first kappa shape index (κ1) is 20.7. The van der Waals surface area contributed by atoms with Crippen LogP contribution in [0.25, 0.3) is 0 Å². The maximum Gasteiger partial charge on any atom is 0.338 e. The number of hydrogen-bond donors (Lipinski definition) is 0. The third-order valence-corrected chi connectivity index (χ3v) is 4.29. The van der Waals surface area contributed by atoms with Gasteiger partial charge in [0.25, 0.3) is 0 Å². The van der Waals surface area contributed by atoms with Crippen LogP contribution >= 0.6 is 0 Å². The van der Waals surface area contributed by atoms with E-state index in [2.05, 4.69) is 6.92 Å². The zero-order chi connectivity index (χ0) is 17.5. The van der Waals surface area contributed by atoms with Gasteiger partial charge in [-0.1, -0.05) is 83.6 Å². The van der Waals surface area contributed by atoms with Gasteiger partial charge in [0.05, 0.1) is 12.2 Å². The van der Waals surface area contributed by atoms with Crippen molar-refractivity contribution in [3.63, 3.8) is 0 Å². The predicted octanol–water partition coefficient (Wildman–Crippen LogP) is 6.68. The number of rotatable bonds is 14. The van der Waals surface area contributed by atoms with Crippen molar-refractivity contribution in [2.45, 2.75) is 84.0 Å². The average Bonchev–Trinajstić information content (AvgIpc) is 2.59. The molecule has 0 amide bonds. The molecule has 0 bridgehead atoms. The number of benzene rings is 1. The number of esters is 1. The Kier molecular flexibility index (Phi) is 12.1. The van der Waals surface area contributed by atoms with Crippen molar-refractivity contribution < 1.29 is 13.9 Å². The van der Waals surface area contributed by atoms with E-state index in [9.17, 15) is 9.18 Å². The van der Waals surface area contributed by atoms with Crippen LogP contribution in [0.1, 0.15) is 94.3 Å². The largest absolute Gasteiger partial charge is 0.462 e. The van der Waals surface area contributed by atoms with Crippen LogP contribution in [0.15, 0.2) is 24.3 Å². The lowest BCUT2D eigenvalue weighted by Crippen LogP contribution is -2.06. The van der Waals surface area contributed by atoms with E-state index in [1.807, 2.05) is 0 Å². The fourth-order valence-corrected chi connectivity index (χ4v) is 2.81. The van der Waals surface area contributed by atoms with E-state index in [0.29, 0.717) is 6.61 Å². The summed E-state index contributed by atoms with van der Waals surface area (Å²) in [5, 5.41) is 0. The first-order valence-electron chi connectivity index (χ1n) is 9.66. The molecule has 0 aliphatic rings. The minimum absolute atomic E-state index is 0.286. The standard InChI is InChI=1S/C21H33FO2/c1-2-3-4-5-6-7-8-9-10-11-12-13-17-24-21(23)19-15-14-16-20(22)18-19/h14-16,18H,2-13,17H2,1H3. The van der Waals surface area contributed by atoms with E-state index in [4.69, 9.17) is 4.74 Å². The fraction of sp³-hybridized carbons (Fsp3) is 0.667. The molecule has 0 spiro atoms. The Morgan fingerprint density at radius 3 is 1.96 bits per heavy atom. The van der Waals surface area contributed by atoms with Crippen molar-refractivity contribution in [1.82, 2.24) is 0 Å². The summed E-state index contributed by atoms with van der Waals surface area (Å²) in [6, 6.07) is 5.63. The van der Waals surface area contributed by atoms with Crippen LogP contribution in [0.3, 0.4) is 0 Å². The minimum Gasteiger partial charge on any atom is -0.462 e. The molecule has 136 valence electrons. The predicted molar refractivity (Wildman–Crippen MR) is 97.8 cm³/mol. The van der Waals surface area contributed by atoms with Crippen LogP contribution in [0.5, 0.6) is 0 Å². The third kappa shape index (κ3) is 10.4. The Morgan fingerprint density at radius 1 is 0.875 bits per heavy atom. The number of carbonyl (C=O) groups is 1. The van der Waals surface area contributed by atoms with Gasteiger partial charge >= 0.3 is 5.97 Å². The van der Waals surface area contributed by atoms with Crippen molar-refractivity contribution in [2.75, 3.05) is 6.61 Å². The van der Waals surface area contributed by atoms with E-state index >= 15 is 0 Å². The molecule has 0 fully saturated rings. The number of hydrogen-bond acceptors (Lipinski definition) is 2. The number of ether oxygens (including phenoxy) is 1. The zero-order valence-corrected chi connectivity index (χ0v) is 15.2. The molecule has 24 heavy (non-hydrogen) atoms. The summed E-state index contributed by atoms with van der Waals surface area (Å²) in [7, 11) is 0. The first-order valence-corrected chi connectivity index (χ1v) is 9.66. The second-order valence-corrected chi connectivity index (χ2v) is 6.54. The summed E-state index contributed by atoms with van der Waals surface area (Å²) >= 11 is 0. The van der Waals surface area contributed by atoms with Crippen molar-refractivity contribution in [2.24, 2.45) is 0 Å². The lowest BCUT2D eigenvalue weighted by atomic mass is 10.1. The molecule has 0 unspecified atom stereocenters. The van der Waals surface area contributed by atoms with E-state index in [0.717, 1.165) is 12.8 Å². The highest BCUT2D eigenvalue weighted by atomic mass is 19.1. The van der Waals surface area contributed by atoms with E-state index in [1.54, 1.807) is 6.07 Å². The Hall–Kier alpha value is -1.38. The Morgan fingerprint density at radius 2 is 1.42 bits per heavy atom. The normalized spacial score (nSPS) is 10.8. The van der Waals surface area contributed by atoms with E-state index in [-0.39, 0.29) is 5.56 Å². The molecule has 0 radical (unpaired) electrons. The van der Waals surface area contributed by atoms with Crippen LogP contribution in [-0.2, 0) is 4.74 Å². The highest BCUT2D eigenvalue weighted by Gasteiger charge is 2.07. The fourth-order valence-electron chi connectivity index (χ4n) is 2.81. The topological polar surface area (TPSA) is 26.3 Å². The molecule has 3 heteroatoms. The maximum atomic E-state index is 13.0. The molecular formula is C21H33FO2. The van der Waals surface area contributed by atoms with Gasteiger partial charge < -0.3 is 4.74 Å².